The average Bonchev–Trinajstić information content (AvgIpc) is 2.46. The second kappa shape index (κ2) is 5.95. The maximum atomic E-state index is 12.0. The van der Waals surface area contributed by atoms with Crippen LogP contribution in [0.3, 0.4) is 0 Å². The molecule has 0 spiro atoms. The third-order valence-electron chi connectivity index (χ3n) is 2.84. The summed E-state index contributed by atoms with van der Waals surface area (Å²) in [6.45, 7) is 0. The van der Waals surface area contributed by atoms with Crippen LogP contribution in [0.2, 0.25) is 0 Å². The van der Waals surface area contributed by atoms with E-state index in [1.54, 1.807) is 37.8 Å². The lowest BCUT2D eigenvalue weighted by Crippen LogP contribution is -2.27. The van der Waals surface area contributed by atoms with Gasteiger partial charge in [0, 0.05) is 25.9 Å². The van der Waals surface area contributed by atoms with E-state index in [4.69, 9.17) is 5.73 Å². The molecule has 0 saturated heterocycles. The Morgan fingerprint density at radius 3 is 2.79 bits per heavy atom. The van der Waals surface area contributed by atoms with Crippen LogP contribution in [0.5, 0.6) is 0 Å². The Kier molecular flexibility index (Phi) is 4.07. The fraction of sp³-hybridized carbons (Fsp3) is 0.214. The van der Waals surface area contributed by atoms with Gasteiger partial charge in [0.05, 0.1) is 11.9 Å². The summed E-state index contributed by atoms with van der Waals surface area (Å²) in [5.74, 6) is 0.617. The first-order valence-corrected chi connectivity index (χ1v) is 6.04. The number of nitrogens with zero attached hydrogens (tertiary/aromatic N) is 3. The maximum Gasteiger partial charge on any atom is 0.228 e. The number of anilines is 2. The molecular weight excluding hydrogens is 240 g/mol. The van der Waals surface area contributed by atoms with Gasteiger partial charge in [-0.25, -0.2) is 4.98 Å². The standard InChI is InChI=1S/C14H16N4O/c1-18(13-6-5-12(15)10-17-13)14(19)7-4-11-3-2-8-16-9-11/h2-3,5-6,8-10H,4,7,15H2,1H3. The Labute approximate surface area is 112 Å². The first-order valence-electron chi connectivity index (χ1n) is 6.04. The first kappa shape index (κ1) is 13.0. The minimum Gasteiger partial charge on any atom is -0.397 e. The van der Waals surface area contributed by atoms with Crippen LogP contribution in [-0.2, 0) is 11.2 Å². The molecular formula is C14H16N4O. The molecule has 0 aliphatic carbocycles. The number of hydrogen-bond acceptors (Lipinski definition) is 4. The van der Waals surface area contributed by atoms with E-state index in [2.05, 4.69) is 9.97 Å². The summed E-state index contributed by atoms with van der Waals surface area (Å²) >= 11 is 0. The van der Waals surface area contributed by atoms with Gasteiger partial charge in [0.15, 0.2) is 0 Å². The van der Waals surface area contributed by atoms with Gasteiger partial charge in [0.25, 0.3) is 0 Å². The van der Waals surface area contributed by atoms with Crippen molar-refractivity contribution in [1.29, 1.82) is 0 Å². The molecule has 1 amide bonds. The summed E-state index contributed by atoms with van der Waals surface area (Å²) in [6.07, 6.45) is 6.13. The molecule has 2 aromatic rings. The molecule has 0 unspecified atom stereocenters. The number of nitrogens with two attached hydrogens (primary N) is 1. The number of carbonyl (C=O) groups is 1. The van der Waals surface area contributed by atoms with Crippen molar-refractivity contribution in [1.82, 2.24) is 9.97 Å². The number of carbonyl (C=O) groups excluding carboxylic acids is 1. The second-order valence-corrected chi connectivity index (χ2v) is 4.26. The van der Waals surface area contributed by atoms with Crippen molar-refractivity contribution in [2.24, 2.45) is 0 Å². The summed E-state index contributed by atoms with van der Waals surface area (Å²) < 4.78 is 0. The fourth-order valence-electron chi connectivity index (χ4n) is 1.69. The van der Waals surface area contributed by atoms with Gasteiger partial charge in [0.2, 0.25) is 5.91 Å². The molecule has 2 heterocycles. The molecule has 0 aromatic carbocycles. The smallest absolute Gasteiger partial charge is 0.228 e. The van der Waals surface area contributed by atoms with E-state index in [1.807, 2.05) is 12.1 Å². The predicted molar refractivity (Wildman–Crippen MR) is 74.6 cm³/mol. The number of aryl methyl sites for hydroxylation is 1. The number of aromatic nitrogens is 2. The normalized spacial score (nSPS) is 10.2. The van der Waals surface area contributed by atoms with Crippen molar-refractivity contribution in [2.75, 3.05) is 17.7 Å². The zero-order valence-electron chi connectivity index (χ0n) is 10.8. The maximum absolute atomic E-state index is 12.0. The van der Waals surface area contributed by atoms with Crippen molar-refractivity contribution in [3.63, 3.8) is 0 Å². The minimum atomic E-state index is 0.0149. The molecule has 0 atom stereocenters. The van der Waals surface area contributed by atoms with Gasteiger partial charge in [-0.3, -0.25) is 14.7 Å². The third kappa shape index (κ3) is 3.51. The van der Waals surface area contributed by atoms with E-state index in [0.717, 1.165) is 5.56 Å². The number of pyridine rings is 2. The number of amides is 1. The highest BCUT2D eigenvalue weighted by Gasteiger charge is 2.11. The number of hydrogen-bond donors (Lipinski definition) is 1. The molecule has 0 aliphatic rings. The summed E-state index contributed by atoms with van der Waals surface area (Å²) in [7, 11) is 1.71. The zero-order chi connectivity index (χ0) is 13.7. The van der Waals surface area contributed by atoms with E-state index in [0.29, 0.717) is 24.3 Å². The second-order valence-electron chi connectivity index (χ2n) is 4.26. The molecule has 0 bridgehead atoms. The lowest BCUT2D eigenvalue weighted by atomic mass is 10.1. The molecule has 0 fully saturated rings. The predicted octanol–water partition coefficient (Wildman–Crippen LogP) is 1.65. The van der Waals surface area contributed by atoms with Crippen LogP contribution in [0.25, 0.3) is 0 Å². The van der Waals surface area contributed by atoms with Gasteiger partial charge >= 0.3 is 0 Å². The molecule has 5 nitrogen and oxygen atoms in total. The number of rotatable bonds is 4. The summed E-state index contributed by atoms with van der Waals surface area (Å²) in [5, 5.41) is 0. The highest BCUT2D eigenvalue weighted by molar-refractivity contribution is 5.92. The lowest BCUT2D eigenvalue weighted by molar-refractivity contribution is -0.118. The third-order valence-corrected chi connectivity index (χ3v) is 2.84. The van der Waals surface area contributed by atoms with Gasteiger partial charge in [-0.2, -0.15) is 0 Å². The van der Waals surface area contributed by atoms with Crippen molar-refractivity contribution < 1.29 is 4.79 Å². The van der Waals surface area contributed by atoms with Crippen molar-refractivity contribution in [3.05, 3.63) is 48.4 Å². The van der Waals surface area contributed by atoms with Crippen LogP contribution >= 0.6 is 0 Å². The van der Waals surface area contributed by atoms with Crippen LogP contribution in [0, 0.1) is 0 Å². The van der Waals surface area contributed by atoms with Crippen molar-refractivity contribution >= 4 is 17.4 Å². The van der Waals surface area contributed by atoms with Gasteiger partial charge in [-0.15, -0.1) is 0 Å². The van der Waals surface area contributed by atoms with Crippen LogP contribution in [0.4, 0.5) is 11.5 Å². The van der Waals surface area contributed by atoms with Gasteiger partial charge < -0.3 is 5.73 Å². The van der Waals surface area contributed by atoms with Gasteiger partial charge in [-0.05, 0) is 30.2 Å². The quantitative estimate of drug-likeness (QED) is 0.902. The topological polar surface area (TPSA) is 72.1 Å². The Morgan fingerprint density at radius 1 is 1.32 bits per heavy atom. The fourth-order valence-corrected chi connectivity index (χ4v) is 1.69. The SMILES string of the molecule is CN(C(=O)CCc1cccnc1)c1ccc(N)cn1. The highest BCUT2D eigenvalue weighted by Crippen LogP contribution is 2.12. The minimum absolute atomic E-state index is 0.0149. The molecule has 19 heavy (non-hydrogen) atoms. The van der Waals surface area contributed by atoms with E-state index in [9.17, 15) is 4.79 Å². The van der Waals surface area contributed by atoms with Gasteiger partial charge in [0.1, 0.15) is 5.82 Å². The molecule has 98 valence electrons. The van der Waals surface area contributed by atoms with Crippen LogP contribution in [0.15, 0.2) is 42.9 Å². The monoisotopic (exact) mass is 256 g/mol. The van der Waals surface area contributed by atoms with E-state index in [1.165, 1.54) is 4.90 Å². The van der Waals surface area contributed by atoms with Crippen molar-refractivity contribution in [2.45, 2.75) is 12.8 Å². The van der Waals surface area contributed by atoms with E-state index >= 15 is 0 Å². The Balaban J connectivity index is 1.94. The largest absolute Gasteiger partial charge is 0.397 e. The average molecular weight is 256 g/mol. The molecule has 0 radical (unpaired) electrons. The lowest BCUT2D eigenvalue weighted by Gasteiger charge is -2.16. The summed E-state index contributed by atoms with van der Waals surface area (Å²) in [5.41, 5.74) is 7.20. The molecule has 2 rings (SSSR count). The number of nitrogen functional groups attached to an aromatic ring is 1. The summed E-state index contributed by atoms with van der Waals surface area (Å²) in [6, 6.07) is 7.29. The molecule has 2 N–H and O–H groups in total. The Morgan fingerprint density at radius 2 is 2.16 bits per heavy atom. The van der Waals surface area contributed by atoms with E-state index < -0.39 is 0 Å². The highest BCUT2D eigenvalue weighted by atomic mass is 16.2. The zero-order valence-corrected chi connectivity index (χ0v) is 10.8. The van der Waals surface area contributed by atoms with Gasteiger partial charge in [-0.1, -0.05) is 6.07 Å². The van der Waals surface area contributed by atoms with Crippen LogP contribution < -0.4 is 10.6 Å². The van der Waals surface area contributed by atoms with Crippen LogP contribution in [-0.4, -0.2) is 22.9 Å². The first-order chi connectivity index (χ1) is 9.16. The molecule has 2 aromatic heterocycles. The van der Waals surface area contributed by atoms with Crippen molar-refractivity contribution in [3.8, 4) is 0 Å². The summed E-state index contributed by atoms with van der Waals surface area (Å²) in [4.78, 5) is 21.7. The van der Waals surface area contributed by atoms with Crippen LogP contribution in [0.1, 0.15) is 12.0 Å². The van der Waals surface area contributed by atoms with E-state index in [-0.39, 0.29) is 5.91 Å². The molecule has 0 saturated carbocycles. The molecule has 5 heteroatoms. The Bertz CT molecular complexity index is 539. The Hall–Kier alpha value is -2.43. The molecule has 0 aliphatic heterocycles.